The highest BCUT2D eigenvalue weighted by Crippen LogP contribution is 2.43. The molecule has 0 radical (unpaired) electrons. The number of amides is 2. The Balaban J connectivity index is 1.34. The van der Waals surface area contributed by atoms with Crippen LogP contribution < -0.4 is 5.32 Å². The molecule has 1 saturated heterocycles. The summed E-state index contributed by atoms with van der Waals surface area (Å²) in [6.07, 6.45) is 4.81. The first-order chi connectivity index (χ1) is 14.6. The molecule has 2 N–H and O–H groups in total. The highest BCUT2D eigenvalue weighted by atomic mass is 16.4. The average Bonchev–Trinajstić information content (AvgIpc) is 3.46. The van der Waals surface area contributed by atoms with Gasteiger partial charge in [0.15, 0.2) is 0 Å². The molecular weight excluding hydrogens is 378 g/mol. The van der Waals surface area contributed by atoms with Gasteiger partial charge in [-0.15, -0.1) is 0 Å². The number of hydrogen-bond donors (Lipinski definition) is 2. The molecule has 2 amide bonds. The Morgan fingerprint density at radius 1 is 1.03 bits per heavy atom. The van der Waals surface area contributed by atoms with Gasteiger partial charge in [-0.3, -0.25) is 4.57 Å². The number of carbonyl (C=O) groups is 2. The van der Waals surface area contributed by atoms with Gasteiger partial charge in [0.2, 0.25) is 0 Å². The molecule has 30 heavy (non-hydrogen) atoms. The second-order valence-corrected chi connectivity index (χ2v) is 8.37. The summed E-state index contributed by atoms with van der Waals surface area (Å²) in [5, 5.41) is 13.4. The van der Waals surface area contributed by atoms with E-state index in [4.69, 9.17) is 0 Å². The number of rotatable bonds is 4. The van der Waals surface area contributed by atoms with Crippen LogP contribution in [-0.4, -0.2) is 38.8 Å². The fourth-order valence-corrected chi connectivity index (χ4v) is 5.34. The van der Waals surface area contributed by atoms with Gasteiger partial charge in [-0.25, -0.2) is 9.59 Å². The minimum atomic E-state index is -1.02. The minimum absolute atomic E-state index is 0.0460. The standard InChI is InChI=1S/C24H25N3O3/c28-23(25-14-18-15-26(24(29)30)21-9-5-4-8-20(18)21)27-19-11-10-17(13-19)22(27)12-16-6-2-1-3-7-16/h1-9,15,17,19,22H,10-14H2,(H,25,28)(H,29,30). The first kappa shape index (κ1) is 18.7. The molecular formula is C24H25N3O3. The van der Waals surface area contributed by atoms with Crippen molar-refractivity contribution in [1.82, 2.24) is 14.8 Å². The van der Waals surface area contributed by atoms with Crippen LogP contribution in [0, 0.1) is 5.92 Å². The molecule has 3 atom stereocenters. The molecule has 6 heteroatoms. The SMILES string of the molecule is O=C(NCc1cn(C(=O)O)c2ccccc12)N1C2CCC(C2)C1Cc1ccccc1. The first-order valence-electron chi connectivity index (χ1n) is 10.5. The zero-order chi connectivity index (χ0) is 20.7. The topological polar surface area (TPSA) is 74.6 Å². The van der Waals surface area contributed by atoms with Crippen LogP contribution in [0.15, 0.2) is 60.8 Å². The average molecular weight is 403 g/mol. The smallest absolute Gasteiger partial charge is 0.416 e. The Morgan fingerprint density at radius 3 is 2.60 bits per heavy atom. The molecule has 2 aliphatic rings. The monoisotopic (exact) mass is 403 g/mol. The summed E-state index contributed by atoms with van der Waals surface area (Å²) in [7, 11) is 0. The summed E-state index contributed by atoms with van der Waals surface area (Å²) >= 11 is 0. The lowest BCUT2D eigenvalue weighted by atomic mass is 9.93. The number of urea groups is 1. The molecule has 2 bridgehead atoms. The quantitative estimate of drug-likeness (QED) is 0.675. The number of fused-ring (bicyclic) bond motifs is 3. The number of aromatic nitrogens is 1. The van der Waals surface area contributed by atoms with E-state index in [9.17, 15) is 14.7 Å². The Kier molecular flexibility index (Phi) is 4.69. The molecule has 154 valence electrons. The number of carboxylic acid groups (broad SMARTS) is 1. The highest BCUT2D eigenvalue weighted by molar-refractivity contribution is 5.91. The molecule has 2 heterocycles. The summed E-state index contributed by atoms with van der Waals surface area (Å²) in [6, 6.07) is 18.2. The lowest BCUT2D eigenvalue weighted by molar-refractivity contribution is 0.145. The number of hydrogen-bond acceptors (Lipinski definition) is 2. The lowest BCUT2D eigenvalue weighted by Gasteiger charge is -2.35. The maximum atomic E-state index is 13.2. The molecule has 6 nitrogen and oxygen atoms in total. The molecule has 0 spiro atoms. The normalized spacial score (nSPS) is 22.5. The van der Waals surface area contributed by atoms with E-state index >= 15 is 0 Å². The van der Waals surface area contributed by atoms with E-state index in [2.05, 4.69) is 22.3 Å². The van der Waals surface area contributed by atoms with E-state index in [1.807, 2.05) is 36.4 Å². The van der Waals surface area contributed by atoms with Gasteiger partial charge in [0.05, 0.1) is 5.52 Å². The molecule has 1 aliphatic carbocycles. The Morgan fingerprint density at radius 2 is 1.80 bits per heavy atom. The van der Waals surface area contributed by atoms with Crippen molar-refractivity contribution in [3.05, 3.63) is 71.9 Å². The third kappa shape index (κ3) is 3.22. The van der Waals surface area contributed by atoms with Crippen LogP contribution in [0.3, 0.4) is 0 Å². The largest absolute Gasteiger partial charge is 0.464 e. The van der Waals surface area contributed by atoms with Crippen molar-refractivity contribution in [1.29, 1.82) is 0 Å². The highest BCUT2D eigenvalue weighted by Gasteiger charge is 2.47. The van der Waals surface area contributed by atoms with E-state index in [-0.39, 0.29) is 12.1 Å². The van der Waals surface area contributed by atoms with E-state index in [0.29, 0.717) is 24.0 Å². The number of benzene rings is 2. The van der Waals surface area contributed by atoms with Gasteiger partial charge in [0.1, 0.15) is 0 Å². The van der Waals surface area contributed by atoms with Crippen LogP contribution >= 0.6 is 0 Å². The van der Waals surface area contributed by atoms with Crippen LogP contribution in [-0.2, 0) is 13.0 Å². The van der Waals surface area contributed by atoms with Gasteiger partial charge in [-0.05, 0) is 48.8 Å². The van der Waals surface area contributed by atoms with Gasteiger partial charge in [-0.1, -0.05) is 48.5 Å². The molecule has 1 aliphatic heterocycles. The van der Waals surface area contributed by atoms with Gasteiger partial charge < -0.3 is 15.3 Å². The van der Waals surface area contributed by atoms with Crippen molar-refractivity contribution in [2.24, 2.45) is 5.92 Å². The summed E-state index contributed by atoms with van der Waals surface area (Å²) in [5.74, 6) is 0.565. The fourth-order valence-electron chi connectivity index (χ4n) is 5.34. The van der Waals surface area contributed by atoms with Gasteiger partial charge in [0, 0.05) is 30.2 Å². The number of piperidine rings is 1. The van der Waals surface area contributed by atoms with Gasteiger partial charge in [0.25, 0.3) is 0 Å². The summed E-state index contributed by atoms with van der Waals surface area (Å²) in [5.41, 5.74) is 2.71. The lowest BCUT2D eigenvalue weighted by Crippen LogP contribution is -2.50. The van der Waals surface area contributed by atoms with E-state index < -0.39 is 6.09 Å². The van der Waals surface area contributed by atoms with Crippen molar-refractivity contribution in [2.75, 3.05) is 0 Å². The van der Waals surface area contributed by atoms with Crippen LogP contribution in [0.2, 0.25) is 0 Å². The molecule has 3 aromatic rings. The van der Waals surface area contributed by atoms with E-state index in [1.54, 1.807) is 12.3 Å². The minimum Gasteiger partial charge on any atom is -0.464 e. The Labute approximate surface area is 175 Å². The van der Waals surface area contributed by atoms with Gasteiger partial charge >= 0.3 is 12.1 Å². The van der Waals surface area contributed by atoms with Crippen LogP contribution in [0.5, 0.6) is 0 Å². The van der Waals surface area contributed by atoms with E-state index in [1.165, 1.54) is 16.6 Å². The maximum absolute atomic E-state index is 13.2. The maximum Gasteiger partial charge on any atom is 0.416 e. The first-order valence-corrected chi connectivity index (χ1v) is 10.5. The number of carbonyl (C=O) groups excluding carboxylic acids is 1. The number of nitrogens with one attached hydrogen (secondary N) is 1. The second-order valence-electron chi connectivity index (χ2n) is 8.37. The van der Waals surface area contributed by atoms with Crippen molar-refractivity contribution < 1.29 is 14.7 Å². The van der Waals surface area contributed by atoms with E-state index in [0.717, 1.165) is 30.2 Å². The summed E-state index contributed by atoms with van der Waals surface area (Å²) in [4.78, 5) is 26.8. The molecule has 5 rings (SSSR count). The predicted octanol–water partition coefficient (Wildman–Crippen LogP) is 4.47. The zero-order valence-corrected chi connectivity index (χ0v) is 16.7. The molecule has 2 fully saturated rings. The van der Waals surface area contributed by atoms with Crippen molar-refractivity contribution in [3.63, 3.8) is 0 Å². The molecule has 2 aromatic carbocycles. The fraction of sp³-hybridized carbons (Fsp3) is 0.333. The van der Waals surface area contributed by atoms with Crippen LogP contribution in [0.4, 0.5) is 9.59 Å². The van der Waals surface area contributed by atoms with Gasteiger partial charge in [-0.2, -0.15) is 0 Å². The molecule has 3 unspecified atom stereocenters. The Bertz CT molecular complexity index is 1090. The zero-order valence-electron chi connectivity index (χ0n) is 16.7. The third-order valence-corrected chi connectivity index (χ3v) is 6.69. The number of para-hydroxylation sites is 1. The van der Waals surface area contributed by atoms with Crippen LogP contribution in [0.25, 0.3) is 10.9 Å². The molecule has 1 aromatic heterocycles. The summed E-state index contributed by atoms with van der Waals surface area (Å²) in [6.45, 7) is 0.311. The van der Waals surface area contributed by atoms with Crippen molar-refractivity contribution >= 4 is 23.0 Å². The van der Waals surface area contributed by atoms with Crippen molar-refractivity contribution in [3.8, 4) is 0 Å². The third-order valence-electron chi connectivity index (χ3n) is 6.69. The molecule has 1 saturated carbocycles. The Hall–Kier alpha value is -3.28. The predicted molar refractivity (Wildman–Crippen MR) is 114 cm³/mol. The van der Waals surface area contributed by atoms with Crippen LogP contribution in [0.1, 0.15) is 30.4 Å². The number of nitrogens with zero attached hydrogens (tertiary/aromatic N) is 2. The summed E-state index contributed by atoms with van der Waals surface area (Å²) < 4.78 is 1.22. The second kappa shape index (κ2) is 7.52. The van der Waals surface area contributed by atoms with Crippen molar-refractivity contribution in [2.45, 2.75) is 44.3 Å². The number of likely N-dealkylation sites (tertiary alicyclic amines) is 1.